The molecule has 1 saturated heterocycles. The van der Waals surface area contributed by atoms with Crippen LogP contribution < -0.4 is 0 Å². The molecule has 2 rings (SSSR count). The van der Waals surface area contributed by atoms with Crippen LogP contribution in [0.3, 0.4) is 0 Å². The van der Waals surface area contributed by atoms with Crippen molar-refractivity contribution in [2.75, 3.05) is 6.61 Å². The summed E-state index contributed by atoms with van der Waals surface area (Å²) in [5.74, 6) is 5.93. The van der Waals surface area contributed by atoms with Gasteiger partial charge in [-0.1, -0.05) is 17.9 Å². The Kier molecular flexibility index (Phi) is 3.57. The van der Waals surface area contributed by atoms with Crippen molar-refractivity contribution in [2.24, 2.45) is 0 Å². The van der Waals surface area contributed by atoms with Crippen molar-refractivity contribution in [1.29, 1.82) is 0 Å². The maximum Gasteiger partial charge on any atom is 0.102 e. The van der Waals surface area contributed by atoms with Gasteiger partial charge >= 0.3 is 0 Å². The van der Waals surface area contributed by atoms with Gasteiger partial charge in [0.05, 0.1) is 17.6 Å². The maximum atomic E-state index is 9.45. The first kappa shape index (κ1) is 10.4. The highest BCUT2D eigenvalue weighted by molar-refractivity contribution is 7.10. The number of aliphatic hydroxyl groups is 1. The summed E-state index contributed by atoms with van der Waals surface area (Å²) >= 11 is 1.62. The summed E-state index contributed by atoms with van der Waals surface area (Å²) in [6, 6.07) is 3.95. The summed E-state index contributed by atoms with van der Waals surface area (Å²) in [6.45, 7) is 0.633. The summed E-state index contributed by atoms with van der Waals surface area (Å²) in [4.78, 5) is 1.05. The molecular weight excluding hydrogens is 208 g/mol. The van der Waals surface area contributed by atoms with Crippen LogP contribution in [0, 0.1) is 11.8 Å². The number of thiophene rings is 1. The standard InChI is InChI=1S/C12H12O2S/c13-11-7-8-14-12(11)6-2-1-4-10-5-3-9-15-10/h2-3,5-6,9,11-13H,7-8H2. The number of hydrogen-bond acceptors (Lipinski definition) is 3. The van der Waals surface area contributed by atoms with E-state index < -0.39 is 0 Å². The highest BCUT2D eigenvalue weighted by Crippen LogP contribution is 2.13. The van der Waals surface area contributed by atoms with E-state index in [1.807, 2.05) is 23.6 Å². The summed E-state index contributed by atoms with van der Waals surface area (Å²) in [5, 5.41) is 11.4. The first-order chi connectivity index (χ1) is 7.36. The third-order valence-corrected chi connectivity index (χ3v) is 2.97. The van der Waals surface area contributed by atoms with Gasteiger partial charge in [-0.3, -0.25) is 0 Å². The Bertz CT molecular complexity index is 383. The second-order valence-electron chi connectivity index (χ2n) is 3.30. The van der Waals surface area contributed by atoms with E-state index in [1.54, 1.807) is 17.4 Å². The molecule has 0 aromatic carbocycles. The van der Waals surface area contributed by atoms with Crippen molar-refractivity contribution in [1.82, 2.24) is 0 Å². The average Bonchev–Trinajstić information content (AvgIpc) is 2.85. The van der Waals surface area contributed by atoms with Gasteiger partial charge < -0.3 is 9.84 Å². The highest BCUT2D eigenvalue weighted by atomic mass is 32.1. The minimum absolute atomic E-state index is 0.178. The van der Waals surface area contributed by atoms with Gasteiger partial charge in [0.1, 0.15) is 6.10 Å². The molecule has 1 aromatic rings. The molecule has 0 radical (unpaired) electrons. The molecule has 2 nitrogen and oxygen atoms in total. The number of aliphatic hydroxyl groups excluding tert-OH is 1. The van der Waals surface area contributed by atoms with E-state index in [-0.39, 0.29) is 12.2 Å². The monoisotopic (exact) mass is 220 g/mol. The van der Waals surface area contributed by atoms with Gasteiger partial charge in [-0.05, 0) is 30.0 Å². The Morgan fingerprint density at radius 1 is 1.60 bits per heavy atom. The van der Waals surface area contributed by atoms with Crippen LogP contribution in [0.1, 0.15) is 11.3 Å². The number of allylic oxidation sites excluding steroid dienone is 1. The highest BCUT2D eigenvalue weighted by Gasteiger charge is 2.22. The topological polar surface area (TPSA) is 29.5 Å². The molecule has 1 aromatic heterocycles. The molecule has 0 saturated carbocycles. The lowest BCUT2D eigenvalue weighted by atomic mass is 10.2. The second kappa shape index (κ2) is 5.13. The van der Waals surface area contributed by atoms with Gasteiger partial charge in [0.25, 0.3) is 0 Å². The van der Waals surface area contributed by atoms with Crippen molar-refractivity contribution in [2.45, 2.75) is 18.6 Å². The van der Waals surface area contributed by atoms with E-state index in [1.165, 1.54) is 0 Å². The van der Waals surface area contributed by atoms with E-state index in [4.69, 9.17) is 4.74 Å². The number of ether oxygens (including phenoxy) is 1. The molecule has 0 aliphatic carbocycles. The molecule has 0 spiro atoms. The molecule has 2 heterocycles. The molecule has 2 atom stereocenters. The smallest absolute Gasteiger partial charge is 0.102 e. The van der Waals surface area contributed by atoms with Gasteiger partial charge in [-0.2, -0.15) is 0 Å². The van der Waals surface area contributed by atoms with E-state index >= 15 is 0 Å². The van der Waals surface area contributed by atoms with Crippen LogP contribution in [0.15, 0.2) is 29.7 Å². The largest absolute Gasteiger partial charge is 0.390 e. The van der Waals surface area contributed by atoms with E-state index in [0.717, 1.165) is 4.88 Å². The van der Waals surface area contributed by atoms with Crippen LogP contribution in [-0.2, 0) is 4.74 Å². The third kappa shape index (κ3) is 2.93. The lowest BCUT2D eigenvalue weighted by Gasteiger charge is -2.06. The van der Waals surface area contributed by atoms with Crippen molar-refractivity contribution in [3.8, 4) is 11.8 Å². The van der Waals surface area contributed by atoms with Crippen LogP contribution in [0.5, 0.6) is 0 Å². The van der Waals surface area contributed by atoms with Crippen molar-refractivity contribution in [3.63, 3.8) is 0 Å². The molecule has 1 N–H and O–H groups in total. The molecule has 2 unspecified atom stereocenters. The lowest BCUT2D eigenvalue weighted by molar-refractivity contribution is 0.0749. The summed E-state index contributed by atoms with van der Waals surface area (Å²) in [6.07, 6.45) is 3.73. The zero-order valence-electron chi connectivity index (χ0n) is 8.22. The fraction of sp³-hybridized carbons (Fsp3) is 0.333. The van der Waals surface area contributed by atoms with Crippen LogP contribution in [0.2, 0.25) is 0 Å². The van der Waals surface area contributed by atoms with E-state index in [9.17, 15) is 5.11 Å². The lowest BCUT2D eigenvalue weighted by Crippen LogP contribution is -2.17. The van der Waals surface area contributed by atoms with Crippen molar-refractivity contribution in [3.05, 3.63) is 34.5 Å². The van der Waals surface area contributed by atoms with E-state index in [2.05, 4.69) is 11.8 Å². The Labute approximate surface area is 93.2 Å². The van der Waals surface area contributed by atoms with Gasteiger partial charge in [-0.15, -0.1) is 11.3 Å². The summed E-state index contributed by atoms with van der Waals surface area (Å²) in [5.41, 5.74) is 0. The molecule has 1 aliphatic rings. The first-order valence-electron chi connectivity index (χ1n) is 4.87. The minimum Gasteiger partial charge on any atom is -0.390 e. The van der Waals surface area contributed by atoms with Crippen LogP contribution in [-0.4, -0.2) is 23.9 Å². The zero-order chi connectivity index (χ0) is 10.5. The third-order valence-electron chi connectivity index (χ3n) is 2.19. The maximum absolute atomic E-state index is 9.45. The normalized spacial score (nSPS) is 25.4. The van der Waals surface area contributed by atoms with Crippen molar-refractivity contribution < 1.29 is 9.84 Å². The average molecular weight is 220 g/mol. The van der Waals surface area contributed by atoms with Crippen LogP contribution in [0.4, 0.5) is 0 Å². The quantitative estimate of drug-likeness (QED) is 0.731. The SMILES string of the molecule is OC1CCOC1C=CC#Cc1cccs1. The number of hydrogen-bond donors (Lipinski definition) is 1. The molecule has 1 fully saturated rings. The molecule has 0 bridgehead atoms. The van der Waals surface area contributed by atoms with E-state index in [0.29, 0.717) is 13.0 Å². The molecule has 0 amide bonds. The van der Waals surface area contributed by atoms with Crippen LogP contribution in [0.25, 0.3) is 0 Å². The summed E-state index contributed by atoms with van der Waals surface area (Å²) in [7, 11) is 0. The Morgan fingerprint density at radius 2 is 2.53 bits per heavy atom. The molecule has 15 heavy (non-hydrogen) atoms. The summed E-state index contributed by atoms with van der Waals surface area (Å²) < 4.78 is 5.30. The van der Waals surface area contributed by atoms with Gasteiger partial charge in [-0.25, -0.2) is 0 Å². The second-order valence-corrected chi connectivity index (χ2v) is 4.24. The molecule has 78 valence electrons. The van der Waals surface area contributed by atoms with Gasteiger partial charge in [0.2, 0.25) is 0 Å². The fourth-order valence-electron chi connectivity index (χ4n) is 1.39. The minimum atomic E-state index is -0.371. The predicted molar refractivity (Wildman–Crippen MR) is 60.7 cm³/mol. The van der Waals surface area contributed by atoms with Crippen molar-refractivity contribution >= 4 is 11.3 Å². The fourth-order valence-corrected chi connectivity index (χ4v) is 1.97. The molecular formula is C12H12O2S. The van der Waals surface area contributed by atoms with Gasteiger partial charge in [0.15, 0.2) is 0 Å². The first-order valence-corrected chi connectivity index (χ1v) is 5.75. The Balaban J connectivity index is 1.89. The zero-order valence-corrected chi connectivity index (χ0v) is 9.04. The van der Waals surface area contributed by atoms with Gasteiger partial charge in [0, 0.05) is 0 Å². The predicted octanol–water partition coefficient (Wildman–Crippen LogP) is 1.81. The molecule has 3 heteroatoms. The molecule has 1 aliphatic heterocycles. The number of rotatable bonds is 1. The van der Waals surface area contributed by atoms with Crippen LogP contribution >= 0.6 is 11.3 Å². The Morgan fingerprint density at radius 3 is 3.20 bits per heavy atom. The Hall–Kier alpha value is -1.08.